The zero-order valence-corrected chi connectivity index (χ0v) is 45.7. The predicted molar refractivity (Wildman–Crippen MR) is 252 cm³/mol. The van der Waals surface area contributed by atoms with Gasteiger partial charge in [0, 0.05) is 136 Å². The summed E-state index contributed by atoms with van der Waals surface area (Å²) in [6, 6.07) is 2.73. The number of aromatic nitrogens is 3. The number of rotatable bonds is 35. The highest BCUT2D eigenvalue weighted by molar-refractivity contribution is 6.61. The molecule has 376 valence electrons. The summed E-state index contributed by atoms with van der Waals surface area (Å²) in [7, 11) is 8.69. The lowest BCUT2D eigenvalue weighted by Gasteiger charge is -2.27. The summed E-state index contributed by atoms with van der Waals surface area (Å²) in [6.07, 6.45) is 10.8. The Morgan fingerprint density at radius 1 is 0.453 bits per heavy atom. The Hall–Kier alpha value is -1.53. The molecule has 1 aliphatic carbocycles. The monoisotopic (exact) mass is 988 g/mol. The molecule has 1 fully saturated rings. The van der Waals surface area contributed by atoms with Crippen molar-refractivity contribution in [2.45, 2.75) is 141 Å². The molecule has 1 aliphatic rings. The van der Waals surface area contributed by atoms with E-state index in [4.69, 9.17) is 53.1 Å². The highest BCUT2D eigenvalue weighted by Crippen LogP contribution is 2.45. The molecule has 1 saturated carbocycles. The molecule has 0 amide bonds. The van der Waals surface area contributed by atoms with Gasteiger partial charge in [-0.1, -0.05) is 19.8 Å². The summed E-state index contributed by atoms with van der Waals surface area (Å²) in [5, 5.41) is 0. The van der Waals surface area contributed by atoms with Gasteiger partial charge in [0.2, 0.25) is 0 Å². The van der Waals surface area contributed by atoms with Crippen molar-refractivity contribution in [3.63, 3.8) is 0 Å². The largest absolute Gasteiger partial charge is 0.500 e. The van der Waals surface area contributed by atoms with Crippen LogP contribution in [0.5, 0.6) is 0 Å². The smallest absolute Gasteiger partial charge is 0.377 e. The number of unbranched alkanes of at least 4 members (excludes halogenated alkanes) is 4. The normalized spacial score (nSPS) is 17.2. The first kappa shape index (κ1) is 60.5. The van der Waals surface area contributed by atoms with Crippen LogP contribution >= 0.6 is 0 Å². The van der Waals surface area contributed by atoms with Crippen LogP contribution in [-0.4, -0.2) is 140 Å². The van der Waals surface area contributed by atoms with Gasteiger partial charge in [-0.2, -0.15) is 0 Å². The van der Waals surface area contributed by atoms with Gasteiger partial charge in [-0.25, -0.2) is 28.1 Å². The molecule has 0 bridgehead atoms. The average Bonchev–Trinajstić information content (AvgIpc) is 3.72. The third-order valence-electron chi connectivity index (χ3n) is 12.8. The predicted octanol–water partition coefficient (Wildman–Crippen LogP) is 5.21. The van der Waals surface area contributed by atoms with E-state index in [0.29, 0.717) is 68.4 Å². The van der Waals surface area contributed by atoms with Gasteiger partial charge in [0.15, 0.2) is 0 Å². The number of Topliss-reactive ketones (excluding diaryl/α,β-unsaturated/α-hetero) is 1. The van der Waals surface area contributed by atoms with Crippen LogP contribution in [-0.2, 0) is 77.5 Å². The fourth-order valence-corrected chi connectivity index (χ4v) is 15.9. The molecule has 0 spiro atoms. The van der Waals surface area contributed by atoms with E-state index in [0.717, 1.165) is 57.0 Å². The summed E-state index contributed by atoms with van der Waals surface area (Å²) in [5.41, 5.74) is -1.70. The van der Waals surface area contributed by atoms with E-state index in [1.165, 1.54) is 13.7 Å². The summed E-state index contributed by atoms with van der Waals surface area (Å²) in [6.45, 7) is 4.40. The van der Waals surface area contributed by atoms with Crippen molar-refractivity contribution in [2.24, 2.45) is 17.8 Å². The van der Waals surface area contributed by atoms with Crippen LogP contribution in [0.2, 0.25) is 24.2 Å². The SMILES string of the molecule is CCCCCn1c(=O)n(CCCC[Si](OC)(OC)OC)c(=O)n(CCCC[Si](OC)(OC)OC)c1=O.CO[Si](CCC1CC(CCC(C)=O)C(CC[Si](OC)(OC)OC)C1)(OC)OC. The number of hydrogen-bond donors (Lipinski definition) is 0. The highest BCUT2D eigenvalue weighted by atomic mass is 28.4. The Labute approximate surface area is 387 Å². The van der Waals surface area contributed by atoms with Gasteiger partial charge in [0.25, 0.3) is 0 Å². The third kappa shape index (κ3) is 18.2. The van der Waals surface area contributed by atoms with Gasteiger partial charge in [0.05, 0.1) is 0 Å². The Morgan fingerprint density at radius 3 is 1.06 bits per heavy atom. The van der Waals surface area contributed by atoms with Crippen molar-refractivity contribution in [1.82, 2.24) is 13.7 Å². The van der Waals surface area contributed by atoms with E-state index in [9.17, 15) is 19.2 Å². The lowest BCUT2D eigenvalue weighted by Crippen LogP contribution is -2.54. The average molecular weight is 988 g/mol. The molecule has 64 heavy (non-hydrogen) atoms. The minimum atomic E-state index is -2.74. The molecule has 19 nitrogen and oxygen atoms in total. The molecule has 1 aromatic heterocycles. The lowest BCUT2D eigenvalue weighted by atomic mass is 9.89. The van der Waals surface area contributed by atoms with Gasteiger partial charge in [-0.05, 0) is 88.9 Å². The summed E-state index contributed by atoms with van der Waals surface area (Å²) in [5.74, 6) is 1.97. The van der Waals surface area contributed by atoms with Crippen LogP contribution in [0.4, 0.5) is 0 Å². The summed E-state index contributed by atoms with van der Waals surface area (Å²) in [4.78, 5) is 50.9. The fraction of sp³-hybridized carbons (Fsp3) is 0.902. The van der Waals surface area contributed by atoms with E-state index in [2.05, 4.69) is 6.92 Å². The molecule has 1 aromatic rings. The molecule has 0 radical (unpaired) electrons. The number of carbonyl (C=O) groups excluding carboxylic acids is 1. The topological polar surface area (TPSA) is 194 Å². The van der Waals surface area contributed by atoms with E-state index < -0.39 is 52.3 Å². The molecular formula is C41H85N3O16Si4. The van der Waals surface area contributed by atoms with Crippen LogP contribution in [0.25, 0.3) is 0 Å². The van der Waals surface area contributed by atoms with E-state index >= 15 is 0 Å². The zero-order valence-electron chi connectivity index (χ0n) is 41.7. The molecule has 2 rings (SSSR count). The summed E-state index contributed by atoms with van der Waals surface area (Å²) < 4.78 is 69.6. The second kappa shape index (κ2) is 31.5. The van der Waals surface area contributed by atoms with Gasteiger partial charge in [0.1, 0.15) is 5.78 Å². The van der Waals surface area contributed by atoms with Gasteiger partial charge in [-0.15, -0.1) is 0 Å². The molecular weight excluding hydrogens is 903 g/mol. The van der Waals surface area contributed by atoms with Crippen molar-refractivity contribution in [1.29, 1.82) is 0 Å². The Balaban J connectivity index is 0.000000660. The molecule has 3 unspecified atom stereocenters. The van der Waals surface area contributed by atoms with Crippen LogP contribution in [0.1, 0.15) is 97.3 Å². The maximum absolute atomic E-state index is 13.2. The number of ketones is 1. The van der Waals surface area contributed by atoms with Crippen LogP contribution in [0.3, 0.4) is 0 Å². The second-order valence-corrected chi connectivity index (χ2v) is 28.6. The number of carbonyl (C=O) groups is 1. The van der Waals surface area contributed by atoms with Crippen LogP contribution in [0, 0.1) is 17.8 Å². The molecule has 0 N–H and O–H groups in total. The standard InChI is InChI=1S/C22H45N3O9Si2.C19H40O7Si2/c1-8-9-10-15-23-20(26)24(16-11-13-18-35(29-2,30-3)31-4)22(28)25(21(23)27)17-12-14-19-36(32-5,33-6)34-7;1-16(20)8-9-18-14-17(10-12-27(21-2,22-3)23-4)15-19(18)11-13-28(24-5,25-6)26-7/h8-19H2,1-7H3;17-19H,8-15H2,1-7H3. The first-order valence-corrected chi connectivity index (χ1v) is 30.3. The molecule has 0 aliphatic heterocycles. The van der Waals surface area contributed by atoms with Crippen molar-refractivity contribution < 1.29 is 57.9 Å². The Morgan fingerprint density at radius 2 is 0.750 bits per heavy atom. The van der Waals surface area contributed by atoms with Crippen LogP contribution < -0.4 is 17.1 Å². The van der Waals surface area contributed by atoms with E-state index in [1.807, 2.05) is 0 Å². The van der Waals surface area contributed by atoms with Gasteiger partial charge >= 0.3 is 52.3 Å². The quantitative estimate of drug-likeness (QED) is 0.0635. The first-order valence-electron chi connectivity index (χ1n) is 22.6. The number of hydrogen-bond acceptors (Lipinski definition) is 16. The molecule has 1 heterocycles. The first-order chi connectivity index (χ1) is 30.6. The Kier molecular flexibility index (Phi) is 29.8. The van der Waals surface area contributed by atoms with Crippen molar-refractivity contribution in [2.75, 3.05) is 85.3 Å². The molecule has 0 aromatic carbocycles. The summed E-state index contributed by atoms with van der Waals surface area (Å²) >= 11 is 0. The maximum Gasteiger partial charge on any atom is 0.500 e. The van der Waals surface area contributed by atoms with Crippen molar-refractivity contribution in [3.8, 4) is 0 Å². The van der Waals surface area contributed by atoms with Crippen molar-refractivity contribution in [3.05, 3.63) is 31.5 Å². The van der Waals surface area contributed by atoms with E-state index in [1.54, 1.807) is 92.2 Å². The van der Waals surface area contributed by atoms with Crippen molar-refractivity contribution >= 4 is 41.0 Å². The second-order valence-electron chi connectivity index (χ2n) is 16.3. The highest BCUT2D eigenvalue weighted by Gasteiger charge is 2.44. The molecule has 0 saturated heterocycles. The zero-order chi connectivity index (χ0) is 48.4. The van der Waals surface area contributed by atoms with Gasteiger partial charge in [-0.3, -0.25) is 0 Å². The maximum atomic E-state index is 13.2. The Bertz CT molecular complexity index is 1520. The van der Waals surface area contributed by atoms with E-state index in [-0.39, 0.29) is 25.4 Å². The minimum absolute atomic E-state index is 0.195. The third-order valence-corrected chi connectivity index (χ3v) is 24.0. The van der Waals surface area contributed by atoms with Gasteiger partial charge < -0.3 is 57.9 Å². The number of nitrogens with zero attached hydrogens (tertiary/aromatic N) is 3. The van der Waals surface area contributed by atoms with Crippen LogP contribution in [0.15, 0.2) is 14.4 Å². The minimum Gasteiger partial charge on any atom is -0.377 e. The molecule has 3 atom stereocenters. The molecule has 23 heteroatoms. The fourth-order valence-electron chi connectivity index (χ4n) is 8.64. The lowest BCUT2D eigenvalue weighted by molar-refractivity contribution is -0.117.